The van der Waals surface area contributed by atoms with E-state index in [1.807, 2.05) is 6.92 Å². The summed E-state index contributed by atoms with van der Waals surface area (Å²) in [6.07, 6.45) is -0.374. The number of ether oxygens (including phenoxy) is 1. The fraction of sp³-hybridized carbons (Fsp3) is 0.222. The molecule has 0 aliphatic carbocycles. The number of hydrogen-bond donors (Lipinski definition) is 1. The van der Waals surface area contributed by atoms with Crippen molar-refractivity contribution in [2.75, 3.05) is 6.61 Å². The Hall–Kier alpha value is -2.89. The van der Waals surface area contributed by atoms with Crippen molar-refractivity contribution in [3.63, 3.8) is 0 Å². The Morgan fingerprint density at radius 2 is 1.75 bits per heavy atom. The van der Waals surface area contributed by atoms with E-state index in [9.17, 15) is 19.1 Å². The van der Waals surface area contributed by atoms with E-state index in [-0.39, 0.29) is 12.0 Å². The average molecular weight is 330 g/mol. The quantitative estimate of drug-likeness (QED) is 0.840. The third-order valence-corrected chi connectivity index (χ3v) is 3.38. The van der Waals surface area contributed by atoms with Gasteiger partial charge in [0.25, 0.3) is 5.91 Å². The van der Waals surface area contributed by atoms with E-state index in [4.69, 9.17) is 4.74 Å². The Morgan fingerprint density at radius 1 is 1.12 bits per heavy atom. The molecule has 24 heavy (non-hydrogen) atoms. The van der Waals surface area contributed by atoms with Gasteiger partial charge in [-0.2, -0.15) is 0 Å². The lowest BCUT2D eigenvalue weighted by molar-refractivity contribution is -0.306. The standard InChI is InChI=1S/C18H18FNO4/c1-2-24-15-9-5-12(6-10-15)16(11-17(21)22)20-18(23)13-3-7-14(19)8-4-13/h3-10,16H,2,11H2,1H3,(H,20,23)(H,21,22)/p-1/t16-/m1/s1. The van der Waals surface area contributed by atoms with Gasteiger partial charge in [0.15, 0.2) is 0 Å². The predicted octanol–water partition coefficient (Wildman–Crippen LogP) is 1.84. The van der Waals surface area contributed by atoms with Gasteiger partial charge in [0, 0.05) is 18.0 Å². The molecule has 2 rings (SSSR count). The second-order valence-electron chi connectivity index (χ2n) is 5.11. The number of carboxylic acid groups (broad SMARTS) is 1. The van der Waals surface area contributed by atoms with Crippen molar-refractivity contribution in [2.45, 2.75) is 19.4 Å². The summed E-state index contributed by atoms with van der Waals surface area (Å²) >= 11 is 0. The van der Waals surface area contributed by atoms with Crippen molar-refractivity contribution >= 4 is 11.9 Å². The van der Waals surface area contributed by atoms with Gasteiger partial charge in [-0.15, -0.1) is 0 Å². The van der Waals surface area contributed by atoms with Crippen molar-refractivity contribution in [1.82, 2.24) is 5.32 Å². The molecule has 0 radical (unpaired) electrons. The van der Waals surface area contributed by atoms with E-state index in [0.29, 0.717) is 17.9 Å². The van der Waals surface area contributed by atoms with E-state index in [1.54, 1.807) is 24.3 Å². The molecule has 0 saturated heterocycles. The predicted molar refractivity (Wildman–Crippen MR) is 83.8 cm³/mol. The fourth-order valence-corrected chi connectivity index (χ4v) is 2.22. The number of aliphatic carboxylic acids is 1. The van der Waals surface area contributed by atoms with Gasteiger partial charge in [-0.25, -0.2) is 4.39 Å². The maximum absolute atomic E-state index is 12.9. The zero-order chi connectivity index (χ0) is 17.5. The fourth-order valence-electron chi connectivity index (χ4n) is 2.22. The van der Waals surface area contributed by atoms with Crippen LogP contribution in [0.2, 0.25) is 0 Å². The van der Waals surface area contributed by atoms with Crippen LogP contribution in [0.25, 0.3) is 0 Å². The van der Waals surface area contributed by atoms with Gasteiger partial charge in [0.05, 0.1) is 12.6 Å². The minimum atomic E-state index is -1.28. The van der Waals surface area contributed by atoms with Crippen LogP contribution in [0.4, 0.5) is 4.39 Å². The summed E-state index contributed by atoms with van der Waals surface area (Å²) < 4.78 is 18.3. The minimum Gasteiger partial charge on any atom is -0.550 e. The monoisotopic (exact) mass is 330 g/mol. The molecule has 0 saturated carbocycles. The molecule has 0 aliphatic heterocycles. The molecule has 5 nitrogen and oxygen atoms in total. The molecule has 0 bridgehead atoms. The van der Waals surface area contributed by atoms with Crippen molar-refractivity contribution in [3.05, 3.63) is 65.5 Å². The highest BCUT2D eigenvalue weighted by Gasteiger charge is 2.16. The van der Waals surface area contributed by atoms with Crippen LogP contribution in [0, 0.1) is 5.82 Å². The molecule has 0 heterocycles. The summed E-state index contributed by atoms with van der Waals surface area (Å²) in [4.78, 5) is 23.2. The molecule has 0 unspecified atom stereocenters. The van der Waals surface area contributed by atoms with Crippen LogP contribution in [-0.2, 0) is 4.79 Å². The second kappa shape index (κ2) is 8.10. The Bertz CT molecular complexity index is 698. The van der Waals surface area contributed by atoms with Crippen LogP contribution in [0.15, 0.2) is 48.5 Å². The van der Waals surface area contributed by atoms with Gasteiger partial charge in [0.1, 0.15) is 11.6 Å². The highest BCUT2D eigenvalue weighted by molar-refractivity contribution is 5.94. The molecule has 2 aromatic rings. The van der Waals surface area contributed by atoms with Gasteiger partial charge >= 0.3 is 0 Å². The molecule has 1 atom stereocenters. The molecular formula is C18H17FNO4-. The Kier molecular flexibility index (Phi) is 5.89. The number of halogens is 1. The van der Waals surface area contributed by atoms with Gasteiger partial charge in [0.2, 0.25) is 0 Å². The van der Waals surface area contributed by atoms with E-state index >= 15 is 0 Å². The first-order valence-electron chi connectivity index (χ1n) is 7.48. The van der Waals surface area contributed by atoms with Crippen LogP contribution in [0.1, 0.15) is 35.3 Å². The Balaban J connectivity index is 2.16. The van der Waals surface area contributed by atoms with Crippen molar-refractivity contribution in [1.29, 1.82) is 0 Å². The number of carboxylic acids is 1. The van der Waals surface area contributed by atoms with E-state index in [0.717, 1.165) is 0 Å². The van der Waals surface area contributed by atoms with Gasteiger partial charge < -0.3 is 20.0 Å². The number of carbonyl (C=O) groups is 2. The van der Waals surface area contributed by atoms with E-state index in [1.165, 1.54) is 24.3 Å². The maximum atomic E-state index is 12.9. The molecule has 0 fully saturated rings. The van der Waals surface area contributed by atoms with Gasteiger partial charge in [-0.3, -0.25) is 4.79 Å². The first-order valence-corrected chi connectivity index (χ1v) is 7.48. The van der Waals surface area contributed by atoms with E-state index < -0.39 is 23.7 Å². The molecular weight excluding hydrogens is 313 g/mol. The number of amides is 1. The molecule has 1 amide bonds. The normalized spacial score (nSPS) is 11.6. The summed E-state index contributed by atoms with van der Waals surface area (Å²) in [6, 6.07) is 11.0. The topological polar surface area (TPSA) is 78.5 Å². The molecule has 0 aromatic heterocycles. The summed E-state index contributed by atoms with van der Waals surface area (Å²) in [6.45, 7) is 2.37. The van der Waals surface area contributed by atoms with Gasteiger partial charge in [-0.05, 0) is 48.9 Å². The summed E-state index contributed by atoms with van der Waals surface area (Å²) in [5, 5.41) is 13.6. The van der Waals surface area contributed by atoms with Crippen LogP contribution in [0.3, 0.4) is 0 Å². The van der Waals surface area contributed by atoms with Crippen molar-refractivity contribution in [2.24, 2.45) is 0 Å². The lowest BCUT2D eigenvalue weighted by atomic mass is 10.0. The molecule has 2 aromatic carbocycles. The van der Waals surface area contributed by atoms with Crippen LogP contribution >= 0.6 is 0 Å². The van der Waals surface area contributed by atoms with E-state index in [2.05, 4.69) is 5.32 Å². The Morgan fingerprint density at radius 3 is 2.29 bits per heavy atom. The third kappa shape index (κ3) is 4.81. The third-order valence-electron chi connectivity index (χ3n) is 3.38. The molecule has 0 aliphatic rings. The molecule has 126 valence electrons. The first kappa shape index (κ1) is 17.5. The number of benzene rings is 2. The number of nitrogens with one attached hydrogen (secondary N) is 1. The Labute approximate surface area is 139 Å². The average Bonchev–Trinajstić information content (AvgIpc) is 2.55. The maximum Gasteiger partial charge on any atom is 0.251 e. The summed E-state index contributed by atoms with van der Waals surface area (Å²) in [5.41, 5.74) is 0.851. The smallest absolute Gasteiger partial charge is 0.251 e. The zero-order valence-electron chi connectivity index (χ0n) is 13.1. The summed E-state index contributed by atoms with van der Waals surface area (Å²) in [5.74, 6) is -1.58. The first-order chi connectivity index (χ1) is 11.5. The van der Waals surface area contributed by atoms with Crippen molar-refractivity contribution in [3.8, 4) is 5.75 Å². The van der Waals surface area contributed by atoms with Crippen LogP contribution in [0.5, 0.6) is 5.75 Å². The van der Waals surface area contributed by atoms with Crippen LogP contribution < -0.4 is 15.2 Å². The number of hydrogen-bond acceptors (Lipinski definition) is 4. The lowest BCUT2D eigenvalue weighted by Gasteiger charge is -2.20. The highest BCUT2D eigenvalue weighted by Crippen LogP contribution is 2.21. The van der Waals surface area contributed by atoms with Crippen molar-refractivity contribution < 1.29 is 23.8 Å². The zero-order valence-corrected chi connectivity index (χ0v) is 13.1. The number of rotatable bonds is 7. The molecule has 0 spiro atoms. The molecule has 6 heteroatoms. The molecule has 1 N–H and O–H groups in total. The summed E-state index contributed by atoms with van der Waals surface area (Å²) in [7, 11) is 0. The van der Waals surface area contributed by atoms with Gasteiger partial charge in [-0.1, -0.05) is 12.1 Å². The number of carbonyl (C=O) groups excluding carboxylic acids is 2. The SMILES string of the molecule is CCOc1ccc([C@@H](CC(=O)[O-])NC(=O)c2ccc(F)cc2)cc1. The highest BCUT2D eigenvalue weighted by atomic mass is 19.1. The largest absolute Gasteiger partial charge is 0.550 e. The van der Waals surface area contributed by atoms with Crippen LogP contribution in [-0.4, -0.2) is 18.5 Å². The minimum absolute atomic E-state index is 0.241. The second-order valence-corrected chi connectivity index (χ2v) is 5.11. The lowest BCUT2D eigenvalue weighted by Crippen LogP contribution is -2.34.